The quantitative estimate of drug-likeness (QED) is 0.754. The average Bonchev–Trinajstić information content (AvgIpc) is 2.61. The van der Waals surface area contributed by atoms with E-state index in [4.69, 9.17) is 4.74 Å². The second kappa shape index (κ2) is 3.37. The van der Waals surface area contributed by atoms with E-state index in [2.05, 4.69) is 10.1 Å². The van der Waals surface area contributed by atoms with Crippen LogP contribution in [-0.2, 0) is 0 Å². The number of benzene rings is 1. The summed E-state index contributed by atoms with van der Waals surface area (Å²) in [5, 5.41) is 3.92. The zero-order valence-electron chi connectivity index (χ0n) is 7.60. The van der Waals surface area contributed by atoms with E-state index in [0.29, 0.717) is 5.69 Å². The van der Waals surface area contributed by atoms with Crippen LogP contribution in [0.4, 0.5) is 0 Å². The lowest BCUT2D eigenvalue weighted by atomic mass is 10.3. The molecule has 0 aliphatic heterocycles. The van der Waals surface area contributed by atoms with Crippen molar-refractivity contribution in [2.45, 2.75) is 0 Å². The molecular formula is C9H9N3O2. The van der Waals surface area contributed by atoms with Gasteiger partial charge in [0.25, 0.3) is 0 Å². The van der Waals surface area contributed by atoms with E-state index in [1.807, 2.05) is 18.2 Å². The summed E-state index contributed by atoms with van der Waals surface area (Å²) in [4.78, 5) is 13.8. The Bertz CT molecular complexity index is 472. The van der Waals surface area contributed by atoms with Crippen molar-refractivity contribution >= 4 is 0 Å². The van der Waals surface area contributed by atoms with Crippen LogP contribution in [0.15, 0.2) is 35.1 Å². The molecule has 0 atom stereocenters. The Hall–Kier alpha value is -2.04. The molecule has 0 radical (unpaired) electrons. The predicted molar refractivity (Wildman–Crippen MR) is 50.7 cm³/mol. The monoisotopic (exact) mass is 191 g/mol. The fourth-order valence-electron chi connectivity index (χ4n) is 1.14. The number of nitrogens with zero attached hydrogens (tertiary/aromatic N) is 2. The number of aromatic nitrogens is 3. The van der Waals surface area contributed by atoms with Gasteiger partial charge in [0.05, 0.1) is 12.8 Å². The molecule has 5 nitrogen and oxygen atoms in total. The Morgan fingerprint density at radius 2 is 2.07 bits per heavy atom. The van der Waals surface area contributed by atoms with Gasteiger partial charge in [-0.15, -0.1) is 5.10 Å². The highest BCUT2D eigenvalue weighted by atomic mass is 16.5. The molecule has 0 aliphatic carbocycles. The third-order valence-corrected chi connectivity index (χ3v) is 1.79. The minimum Gasteiger partial charge on any atom is -0.467 e. The molecule has 0 saturated carbocycles. The van der Waals surface area contributed by atoms with Crippen molar-refractivity contribution in [3.8, 4) is 11.7 Å². The van der Waals surface area contributed by atoms with Crippen molar-refractivity contribution < 1.29 is 4.74 Å². The molecule has 0 saturated heterocycles. The van der Waals surface area contributed by atoms with Crippen LogP contribution in [0.5, 0.6) is 6.01 Å². The van der Waals surface area contributed by atoms with E-state index >= 15 is 0 Å². The average molecular weight is 191 g/mol. The van der Waals surface area contributed by atoms with Gasteiger partial charge in [-0.25, -0.2) is 4.79 Å². The lowest BCUT2D eigenvalue weighted by Crippen LogP contribution is -2.15. The number of hydrogen-bond acceptors (Lipinski definition) is 3. The lowest BCUT2D eigenvalue weighted by molar-refractivity contribution is 0.379. The Labute approximate surface area is 80.0 Å². The first-order valence-corrected chi connectivity index (χ1v) is 4.10. The largest absolute Gasteiger partial charge is 0.467 e. The maximum Gasteiger partial charge on any atom is 0.350 e. The van der Waals surface area contributed by atoms with Crippen LogP contribution >= 0.6 is 0 Å². The van der Waals surface area contributed by atoms with E-state index in [0.717, 1.165) is 0 Å². The van der Waals surface area contributed by atoms with Gasteiger partial charge in [-0.2, -0.15) is 4.68 Å². The van der Waals surface area contributed by atoms with E-state index in [-0.39, 0.29) is 11.7 Å². The number of para-hydroxylation sites is 1. The van der Waals surface area contributed by atoms with Gasteiger partial charge in [0.15, 0.2) is 0 Å². The molecule has 14 heavy (non-hydrogen) atoms. The summed E-state index contributed by atoms with van der Waals surface area (Å²) in [5.41, 5.74) is 0.394. The first-order valence-electron chi connectivity index (χ1n) is 4.10. The van der Waals surface area contributed by atoms with Crippen LogP contribution in [0.1, 0.15) is 0 Å². The zero-order valence-corrected chi connectivity index (χ0v) is 7.60. The Morgan fingerprint density at radius 3 is 2.64 bits per heavy atom. The van der Waals surface area contributed by atoms with Crippen molar-refractivity contribution in [2.24, 2.45) is 0 Å². The van der Waals surface area contributed by atoms with E-state index in [1.54, 1.807) is 12.1 Å². The van der Waals surface area contributed by atoms with Gasteiger partial charge >= 0.3 is 11.7 Å². The molecular weight excluding hydrogens is 182 g/mol. The third-order valence-electron chi connectivity index (χ3n) is 1.79. The molecule has 0 spiro atoms. The van der Waals surface area contributed by atoms with Gasteiger partial charge in [0.2, 0.25) is 0 Å². The zero-order chi connectivity index (χ0) is 9.97. The molecule has 0 bridgehead atoms. The Balaban J connectivity index is 2.52. The molecule has 0 unspecified atom stereocenters. The molecule has 1 N–H and O–H groups in total. The topological polar surface area (TPSA) is 59.9 Å². The van der Waals surface area contributed by atoms with Gasteiger partial charge in [-0.1, -0.05) is 18.2 Å². The summed E-state index contributed by atoms with van der Waals surface area (Å²) in [6.45, 7) is 0. The summed E-state index contributed by atoms with van der Waals surface area (Å²) in [5.74, 6) is 0. The lowest BCUT2D eigenvalue weighted by Gasteiger charge is -1.96. The number of H-pyrrole nitrogens is 1. The molecule has 1 heterocycles. The second-order valence-electron chi connectivity index (χ2n) is 2.69. The molecule has 1 aromatic carbocycles. The first kappa shape index (κ1) is 8.55. The van der Waals surface area contributed by atoms with Crippen LogP contribution in [0, 0.1) is 0 Å². The number of methoxy groups -OCH3 is 1. The first-order chi connectivity index (χ1) is 6.81. The van der Waals surface area contributed by atoms with Crippen LogP contribution in [0.25, 0.3) is 5.69 Å². The van der Waals surface area contributed by atoms with Crippen molar-refractivity contribution in [3.05, 3.63) is 40.8 Å². The third kappa shape index (κ3) is 1.39. The number of ether oxygens (including phenoxy) is 1. The van der Waals surface area contributed by atoms with Crippen molar-refractivity contribution in [3.63, 3.8) is 0 Å². The van der Waals surface area contributed by atoms with Crippen LogP contribution in [0.2, 0.25) is 0 Å². The number of nitrogens with one attached hydrogen (secondary N) is 1. The van der Waals surface area contributed by atoms with Gasteiger partial charge in [-0.3, -0.25) is 4.98 Å². The molecule has 2 rings (SSSR count). The Kier molecular flexibility index (Phi) is 2.06. The van der Waals surface area contributed by atoms with E-state index in [1.165, 1.54) is 11.8 Å². The summed E-state index contributed by atoms with van der Waals surface area (Å²) in [7, 11) is 1.45. The second-order valence-corrected chi connectivity index (χ2v) is 2.69. The summed E-state index contributed by atoms with van der Waals surface area (Å²) < 4.78 is 6.06. The minimum atomic E-state index is -0.312. The minimum absolute atomic E-state index is 0.207. The van der Waals surface area contributed by atoms with E-state index in [9.17, 15) is 4.79 Å². The maximum atomic E-state index is 11.4. The molecule has 2 aromatic rings. The summed E-state index contributed by atoms with van der Waals surface area (Å²) >= 11 is 0. The number of hydrogen-bond donors (Lipinski definition) is 1. The highest BCUT2D eigenvalue weighted by Crippen LogP contribution is 2.03. The van der Waals surface area contributed by atoms with Crippen LogP contribution < -0.4 is 10.4 Å². The van der Waals surface area contributed by atoms with Gasteiger partial charge < -0.3 is 4.74 Å². The molecule has 0 amide bonds. The highest BCUT2D eigenvalue weighted by Gasteiger charge is 2.05. The number of aromatic amines is 1. The summed E-state index contributed by atoms with van der Waals surface area (Å²) in [6, 6.07) is 9.34. The standard InChI is InChI=1S/C9H9N3O2/c1-14-8-10-9(13)12(11-8)7-5-3-2-4-6-7/h2-6H,1H3,(H,10,11,13). The molecule has 1 aromatic heterocycles. The van der Waals surface area contributed by atoms with Crippen molar-refractivity contribution in [1.29, 1.82) is 0 Å². The van der Waals surface area contributed by atoms with Crippen molar-refractivity contribution in [1.82, 2.24) is 14.8 Å². The predicted octanol–water partition coefficient (Wildman–Crippen LogP) is 0.569. The fraction of sp³-hybridized carbons (Fsp3) is 0.111. The van der Waals surface area contributed by atoms with Gasteiger partial charge in [0, 0.05) is 0 Å². The van der Waals surface area contributed by atoms with Gasteiger partial charge in [0.1, 0.15) is 0 Å². The molecule has 5 heteroatoms. The maximum absolute atomic E-state index is 11.4. The van der Waals surface area contributed by atoms with Crippen LogP contribution in [-0.4, -0.2) is 21.9 Å². The Morgan fingerprint density at radius 1 is 1.36 bits per heavy atom. The molecule has 0 fully saturated rings. The van der Waals surface area contributed by atoms with Crippen molar-refractivity contribution in [2.75, 3.05) is 7.11 Å². The molecule has 72 valence electrons. The fourth-order valence-corrected chi connectivity index (χ4v) is 1.14. The normalized spacial score (nSPS) is 10.1. The highest BCUT2D eigenvalue weighted by molar-refractivity contribution is 5.29. The SMILES string of the molecule is COc1nn(-c2ccccc2)c(=O)[nH]1. The van der Waals surface area contributed by atoms with E-state index < -0.39 is 0 Å². The molecule has 0 aliphatic rings. The smallest absolute Gasteiger partial charge is 0.350 e. The van der Waals surface area contributed by atoms with Crippen LogP contribution in [0.3, 0.4) is 0 Å². The summed E-state index contributed by atoms with van der Waals surface area (Å²) in [6.07, 6.45) is 0. The van der Waals surface area contributed by atoms with Gasteiger partial charge in [-0.05, 0) is 12.1 Å². The number of rotatable bonds is 2.